The van der Waals surface area contributed by atoms with Crippen molar-refractivity contribution in [3.05, 3.63) is 65.7 Å². The van der Waals surface area contributed by atoms with E-state index in [9.17, 15) is 14.4 Å². The second kappa shape index (κ2) is 6.92. The van der Waals surface area contributed by atoms with Crippen LogP contribution in [-0.2, 0) is 25.5 Å². The molecule has 1 fully saturated rings. The van der Waals surface area contributed by atoms with E-state index >= 15 is 0 Å². The molecule has 1 aliphatic heterocycles. The molecular weight excluding hydrogens is 360 g/mol. The standard InChI is InChI=1S/C21H18N2O5/c1-13-17(23-12-22-13)11-21(27-18(24)9-10-19(25)28-21)20(26)16-8-4-6-14-5-2-3-7-15(14)16/h2-8,12H,9-11H2,1H3,(H,22,23). The maximum Gasteiger partial charge on any atom is 0.326 e. The van der Waals surface area contributed by atoms with Crippen LogP contribution in [0.5, 0.6) is 0 Å². The third kappa shape index (κ3) is 3.15. The Kier molecular flexibility index (Phi) is 4.43. The summed E-state index contributed by atoms with van der Waals surface area (Å²) in [6, 6.07) is 12.6. The highest BCUT2D eigenvalue weighted by molar-refractivity contribution is 6.12. The average Bonchev–Trinajstić information content (AvgIpc) is 3.02. The molecule has 0 amide bonds. The van der Waals surface area contributed by atoms with Gasteiger partial charge in [0.05, 0.1) is 31.3 Å². The van der Waals surface area contributed by atoms with E-state index in [2.05, 4.69) is 9.97 Å². The number of rotatable bonds is 4. The van der Waals surface area contributed by atoms with Gasteiger partial charge in [-0.05, 0) is 17.7 Å². The highest BCUT2D eigenvalue weighted by Gasteiger charge is 2.50. The van der Waals surface area contributed by atoms with Gasteiger partial charge >= 0.3 is 17.7 Å². The maximum atomic E-state index is 13.6. The summed E-state index contributed by atoms with van der Waals surface area (Å²) in [6.07, 6.45) is 1.04. The third-order valence-electron chi connectivity index (χ3n) is 4.81. The molecule has 0 spiro atoms. The monoisotopic (exact) mass is 378 g/mol. The Morgan fingerprint density at radius 2 is 1.75 bits per heavy atom. The molecule has 4 rings (SSSR count). The predicted octanol–water partition coefficient (Wildman–Crippen LogP) is 2.87. The topological polar surface area (TPSA) is 98.4 Å². The van der Waals surface area contributed by atoms with Gasteiger partial charge in [-0.1, -0.05) is 42.5 Å². The van der Waals surface area contributed by atoms with Gasteiger partial charge in [-0.3, -0.25) is 14.4 Å². The van der Waals surface area contributed by atoms with Crippen LogP contribution in [0.25, 0.3) is 10.8 Å². The van der Waals surface area contributed by atoms with Crippen molar-refractivity contribution in [3.8, 4) is 0 Å². The summed E-state index contributed by atoms with van der Waals surface area (Å²) in [5, 5.41) is 1.54. The van der Waals surface area contributed by atoms with Gasteiger partial charge < -0.3 is 14.5 Å². The summed E-state index contributed by atoms with van der Waals surface area (Å²) in [7, 11) is 0. The van der Waals surface area contributed by atoms with E-state index in [4.69, 9.17) is 9.47 Å². The molecule has 1 aliphatic rings. The quantitative estimate of drug-likeness (QED) is 0.554. The van der Waals surface area contributed by atoms with Gasteiger partial charge in [0.1, 0.15) is 0 Å². The first-order valence-corrected chi connectivity index (χ1v) is 8.93. The van der Waals surface area contributed by atoms with Crippen molar-refractivity contribution in [2.75, 3.05) is 0 Å². The van der Waals surface area contributed by atoms with E-state index in [-0.39, 0.29) is 19.3 Å². The van der Waals surface area contributed by atoms with Crippen LogP contribution >= 0.6 is 0 Å². The van der Waals surface area contributed by atoms with Crippen molar-refractivity contribution in [2.24, 2.45) is 0 Å². The SMILES string of the molecule is Cc1[nH]cnc1CC1(C(=O)c2cccc3ccccc23)OC(=O)CCC(=O)O1. The first-order valence-electron chi connectivity index (χ1n) is 8.93. The smallest absolute Gasteiger partial charge is 0.326 e. The van der Waals surface area contributed by atoms with Crippen molar-refractivity contribution in [2.45, 2.75) is 32.0 Å². The van der Waals surface area contributed by atoms with E-state index in [1.807, 2.05) is 24.3 Å². The lowest BCUT2D eigenvalue weighted by atomic mass is 9.93. The second-order valence-corrected chi connectivity index (χ2v) is 6.71. The van der Waals surface area contributed by atoms with E-state index in [0.717, 1.165) is 5.39 Å². The number of carbonyl (C=O) groups excluding carboxylic acids is 3. The number of fused-ring (bicyclic) bond motifs is 1. The molecule has 2 heterocycles. The van der Waals surface area contributed by atoms with Gasteiger partial charge in [-0.25, -0.2) is 4.98 Å². The summed E-state index contributed by atoms with van der Waals surface area (Å²) < 4.78 is 11.0. The number of hydrogen-bond acceptors (Lipinski definition) is 6. The van der Waals surface area contributed by atoms with Crippen molar-refractivity contribution in [1.29, 1.82) is 0 Å². The van der Waals surface area contributed by atoms with Crippen molar-refractivity contribution < 1.29 is 23.9 Å². The van der Waals surface area contributed by atoms with E-state index in [0.29, 0.717) is 22.3 Å². The van der Waals surface area contributed by atoms with Gasteiger partial charge in [0.15, 0.2) is 0 Å². The third-order valence-corrected chi connectivity index (χ3v) is 4.81. The number of carbonyl (C=O) groups is 3. The van der Waals surface area contributed by atoms with Crippen molar-refractivity contribution in [1.82, 2.24) is 9.97 Å². The van der Waals surface area contributed by atoms with E-state index in [1.54, 1.807) is 25.1 Å². The van der Waals surface area contributed by atoms with Crippen LogP contribution in [0.2, 0.25) is 0 Å². The van der Waals surface area contributed by atoms with Gasteiger partial charge in [0.25, 0.3) is 0 Å². The number of H-pyrrole nitrogens is 1. The number of ether oxygens (including phenoxy) is 2. The number of hydrogen-bond donors (Lipinski definition) is 1. The van der Waals surface area contributed by atoms with Gasteiger partial charge in [-0.15, -0.1) is 0 Å². The first-order chi connectivity index (χ1) is 13.5. The molecule has 0 unspecified atom stereocenters. The fraction of sp³-hybridized carbons (Fsp3) is 0.238. The van der Waals surface area contributed by atoms with Crippen molar-refractivity contribution >= 4 is 28.5 Å². The number of aromatic amines is 1. The summed E-state index contributed by atoms with van der Waals surface area (Å²) in [4.78, 5) is 45.2. The molecule has 28 heavy (non-hydrogen) atoms. The molecule has 142 valence electrons. The summed E-state index contributed by atoms with van der Waals surface area (Å²) in [6.45, 7) is 1.78. The number of nitrogens with zero attached hydrogens (tertiary/aromatic N) is 1. The number of aromatic nitrogens is 2. The molecule has 1 saturated heterocycles. The van der Waals surface area contributed by atoms with Gasteiger partial charge in [0.2, 0.25) is 5.78 Å². The number of Topliss-reactive ketones (excluding diaryl/α,β-unsaturated/α-hetero) is 1. The van der Waals surface area contributed by atoms with Crippen LogP contribution in [0.3, 0.4) is 0 Å². The zero-order valence-electron chi connectivity index (χ0n) is 15.2. The molecule has 0 atom stereocenters. The predicted molar refractivity (Wildman–Crippen MR) is 99.5 cm³/mol. The largest absolute Gasteiger partial charge is 0.414 e. The number of esters is 2. The highest BCUT2D eigenvalue weighted by Crippen LogP contribution is 2.31. The Bertz CT molecular complexity index is 1060. The zero-order chi connectivity index (χ0) is 19.7. The number of imidazole rings is 1. The van der Waals surface area contributed by atoms with E-state index in [1.165, 1.54) is 6.33 Å². The van der Waals surface area contributed by atoms with Gasteiger partial charge in [0, 0.05) is 11.3 Å². The fourth-order valence-corrected chi connectivity index (χ4v) is 3.35. The lowest BCUT2D eigenvalue weighted by Gasteiger charge is -2.29. The Balaban J connectivity index is 1.86. The lowest BCUT2D eigenvalue weighted by Crippen LogP contribution is -2.48. The summed E-state index contributed by atoms with van der Waals surface area (Å²) in [5.41, 5.74) is 1.49. The number of aryl methyl sites for hydroxylation is 1. The number of ketones is 1. The van der Waals surface area contributed by atoms with Crippen molar-refractivity contribution in [3.63, 3.8) is 0 Å². The van der Waals surface area contributed by atoms with Crippen LogP contribution in [0.1, 0.15) is 34.6 Å². The highest BCUT2D eigenvalue weighted by atomic mass is 16.7. The molecule has 0 radical (unpaired) electrons. The number of cyclic esters (lactones) is 2. The second-order valence-electron chi connectivity index (χ2n) is 6.71. The number of benzene rings is 2. The maximum absolute atomic E-state index is 13.6. The minimum Gasteiger partial charge on any atom is -0.414 e. The average molecular weight is 378 g/mol. The molecule has 1 aromatic heterocycles. The first kappa shape index (κ1) is 17.9. The Hall–Kier alpha value is -3.48. The minimum absolute atomic E-state index is 0.136. The molecule has 0 bridgehead atoms. The molecule has 7 nitrogen and oxygen atoms in total. The lowest BCUT2D eigenvalue weighted by molar-refractivity contribution is -0.203. The molecule has 0 saturated carbocycles. The van der Waals surface area contributed by atoms with Crippen LogP contribution in [0.15, 0.2) is 48.8 Å². The summed E-state index contributed by atoms with van der Waals surface area (Å²) in [5.74, 6) is -4.00. The van der Waals surface area contributed by atoms with Crippen LogP contribution < -0.4 is 0 Å². The zero-order valence-corrected chi connectivity index (χ0v) is 15.2. The number of nitrogens with one attached hydrogen (secondary N) is 1. The molecule has 1 N–H and O–H groups in total. The Labute approximate surface area is 160 Å². The molecule has 0 aliphatic carbocycles. The molecule has 7 heteroatoms. The van der Waals surface area contributed by atoms with Crippen LogP contribution in [0, 0.1) is 6.92 Å². The molecular formula is C21H18N2O5. The van der Waals surface area contributed by atoms with Gasteiger partial charge in [-0.2, -0.15) is 0 Å². The molecule has 3 aromatic rings. The molecule has 2 aromatic carbocycles. The Morgan fingerprint density at radius 3 is 2.43 bits per heavy atom. The van der Waals surface area contributed by atoms with Crippen LogP contribution in [0.4, 0.5) is 0 Å². The summed E-state index contributed by atoms with van der Waals surface area (Å²) >= 11 is 0. The van der Waals surface area contributed by atoms with Crippen LogP contribution in [-0.4, -0.2) is 33.5 Å². The fourth-order valence-electron chi connectivity index (χ4n) is 3.35. The normalized spacial score (nSPS) is 16.3. The minimum atomic E-state index is -2.09. The Morgan fingerprint density at radius 1 is 1.07 bits per heavy atom. The van der Waals surface area contributed by atoms with E-state index < -0.39 is 23.5 Å².